The number of piperidine rings is 1. The van der Waals surface area contributed by atoms with Gasteiger partial charge in [-0.05, 0) is 50.1 Å². The van der Waals surface area contributed by atoms with Gasteiger partial charge in [-0.3, -0.25) is 9.69 Å². The fourth-order valence-corrected chi connectivity index (χ4v) is 3.87. The van der Waals surface area contributed by atoms with Gasteiger partial charge in [0.05, 0.1) is 25.0 Å². The predicted molar refractivity (Wildman–Crippen MR) is 117 cm³/mol. The Balaban J connectivity index is 1.34. The van der Waals surface area contributed by atoms with E-state index in [0.717, 1.165) is 41.8 Å². The summed E-state index contributed by atoms with van der Waals surface area (Å²) in [5.74, 6) is 1.07. The molecule has 1 unspecified atom stereocenters. The van der Waals surface area contributed by atoms with Crippen molar-refractivity contribution in [3.63, 3.8) is 0 Å². The minimum Gasteiger partial charge on any atom is -0.338 e. The third kappa shape index (κ3) is 5.36. The van der Waals surface area contributed by atoms with Crippen LogP contribution in [0.5, 0.6) is 0 Å². The number of hydrogen-bond acceptors (Lipinski definition) is 6. The Morgan fingerprint density at radius 1 is 1.29 bits per heavy atom. The molecule has 7 nitrogen and oxygen atoms in total. The number of anilines is 1. The van der Waals surface area contributed by atoms with Gasteiger partial charge >= 0.3 is 0 Å². The molecule has 3 aromatic rings. The molecule has 0 aliphatic carbocycles. The van der Waals surface area contributed by atoms with E-state index in [1.807, 2.05) is 55.5 Å². The summed E-state index contributed by atoms with van der Waals surface area (Å²) in [6, 6.07) is 17.6. The van der Waals surface area contributed by atoms with Crippen molar-refractivity contribution in [1.82, 2.24) is 15.0 Å². The quantitative estimate of drug-likeness (QED) is 0.655. The summed E-state index contributed by atoms with van der Waals surface area (Å²) in [5, 5.41) is 15.9. The number of nitrogens with one attached hydrogen (secondary N) is 1. The maximum atomic E-state index is 12.8. The fourth-order valence-electron chi connectivity index (χ4n) is 3.87. The molecular formula is C24H25N5O2. The van der Waals surface area contributed by atoms with Crippen LogP contribution in [-0.4, -0.2) is 34.0 Å². The smallest absolute Gasteiger partial charge is 0.241 e. The van der Waals surface area contributed by atoms with Crippen LogP contribution in [0.2, 0.25) is 0 Å². The normalized spacial score (nSPS) is 16.6. The SMILES string of the molecule is Cc1cccc(-c2noc(CN3CCCC(C(=O)Nc4ccc(CC#N)cc4)C3)n2)c1. The van der Waals surface area contributed by atoms with Crippen molar-refractivity contribution in [2.75, 3.05) is 18.4 Å². The summed E-state index contributed by atoms with van der Waals surface area (Å²) in [4.78, 5) is 19.5. The van der Waals surface area contributed by atoms with Crippen molar-refractivity contribution >= 4 is 11.6 Å². The van der Waals surface area contributed by atoms with E-state index in [1.165, 1.54) is 0 Å². The molecule has 1 saturated heterocycles. The molecule has 1 aromatic heterocycles. The number of benzene rings is 2. The lowest BCUT2D eigenvalue weighted by Crippen LogP contribution is -2.40. The van der Waals surface area contributed by atoms with Crippen LogP contribution in [0.1, 0.15) is 29.9 Å². The van der Waals surface area contributed by atoms with Crippen LogP contribution in [0.4, 0.5) is 5.69 Å². The van der Waals surface area contributed by atoms with Gasteiger partial charge in [0, 0.05) is 17.8 Å². The van der Waals surface area contributed by atoms with Crippen molar-refractivity contribution in [3.8, 4) is 17.5 Å². The molecule has 1 amide bonds. The van der Waals surface area contributed by atoms with Gasteiger partial charge in [0.1, 0.15) is 0 Å². The average Bonchev–Trinajstić information content (AvgIpc) is 3.24. The van der Waals surface area contributed by atoms with Gasteiger partial charge in [-0.15, -0.1) is 0 Å². The minimum atomic E-state index is -0.0910. The highest BCUT2D eigenvalue weighted by Crippen LogP contribution is 2.22. The monoisotopic (exact) mass is 415 g/mol. The van der Waals surface area contributed by atoms with E-state index in [-0.39, 0.29) is 11.8 Å². The first-order valence-electron chi connectivity index (χ1n) is 10.5. The van der Waals surface area contributed by atoms with E-state index in [2.05, 4.69) is 26.4 Å². The molecule has 4 rings (SSSR count). The Labute approximate surface area is 181 Å². The Bertz CT molecular complexity index is 1080. The molecule has 0 saturated carbocycles. The number of hydrogen-bond donors (Lipinski definition) is 1. The number of likely N-dealkylation sites (tertiary alicyclic amines) is 1. The van der Waals surface area contributed by atoms with E-state index in [9.17, 15) is 4.79 Å². The van der Waals surface area contributed by atoms with Gasteiger partial charge in [0.15, 0.2) is 0 Å². The number of aromatic nitrogens is 2. The van der Waals surface area contributed by atoms with Crippen molar-refractivity contribution < 1.29 is 9.32 Å². The number of rotatable bonds is 6. The highest BCUT2D eigenvalue weighted by Gasteiger charge is 2.27. The van der Waals surface area contributed by atoms with E-state index < -0.39 is 0 Å². The van der Waals surface area contributed by atoms with Crippen LogP contribution in [-0.2, 0) is 17.8 Å². The lowest BCUT2D eigenvalue weighted by atomic mass is 9.97. The highest BCUT2D eigenvalue weighted by atomic mass is 16.5. The third-order valence-corrected chi connectivity index (χ3v) is 5.48. The zero-order valence-electron chi connectivity index (χ0n) is 17.5. The van der Waals surface area contributed by atoms with Gasteiger partial charge in [0.2, 0.25) is 17.6 Å². The molecule has 1 N–H and O–H groups in total. The molecule has 31 heavy (non-hydrogen) atoms. The number of aryl methyl sites for hydroxylation is 1. The van der Waals surface area contributed by atoms with Crippen LogP contribution in [0.15, 0.2) is 53.1 Å². The Morgan fingerprint density at radius 2 is 2.13 bits per heavy atom. The summed E-state index contributed by atoms with van der Waals surface area (Å²) in [6.45, 7) is 4.12. The number of carbonyl (C=O) groups excluding carboxylic acids is 1. The zero-order valence-corrected chi connectivity index (χ0v) is 17.5. The first kappa shape index (κ1) is 20.8. The summed E-state index contributed by atoms with van der Waals surface area (Å²) in [7, 11) is 0. The maximum absolute atomic E-state index is 12.8. The largest absolute Gasteiger partial charge is 0.338 e. The Kier molecular flexibility index (Phi) is 6.39. The van der Waals surface area contributed by atoms with Crippen LogP contribution in [0, 0.1) is 24.2 Å². The van der Waals surface area contributed by atoms with Gasteiger partial charge in [-0.25, -0.2) is 0 Å². The van der Waals surface area contributed by atoms with Crippen LogP contribution < -0.4 is 5.32 Å². The third-order valence-electron chi connectivity index (χ3n) is 5.48. The number of nitrogens with zero attached hydrogens (tertiary/aromatic N) is 4. The Morgan fingerprint density at radius 3 is 2.90 bits per heavy atom. The summed E-state index contributed by atoms with van der Waals surface area (Å²) >= 11 is 0. The number of carbonyl (C=O) groups is 1. The average molecular weight is 415 g/mol. The lowest BCUT2D eigenvalue weighted by molar-refractivity contribution is -0.121. The molecule has 2 aromatic carbocycles. The molecule has 7 heteroatoms. The van der Waals surface area contributed by atoms with Crippen molar-refractivity contribution in [2.45, 2.75) is 32.7 Å². The van der Waals surface area contributed by atoms with Crippen molar-refractivity contribution in [3.05, 3.63) is 65.5 Å². The molecule has 0 radical (unpaired) electrons. The molecule has 0 bridgehead atoms. The summed E-state index contributed by atoms with van der Waals surface area (Å²) in [6.07, 6.45) is 2.17. The fraction of sp³-hybridized carbons (Fsp3) is 0.333. The first-order valence-corrected chi connectivity index (χ1v) is 10.5. The van der Waals surface area contributed by atoms with Crippen LogP contribution in [0.3, 0.4) is 0 Å². The van der Waals surface area contributed by atoms with E-state index in [1.54, 1.807) is 0 Å². The van der Waals surface area contributed by atoms with E-state index >= 15 is 0 Å². The lowest BCUT2D eigenvalue weighted by Gasteiger charge is -2.30. The first-order chi connectivity index (χ1) is 15.1. The standard InChI is InChI=1S/C24H25N5O2/c1-17-4-2-5-19(14-17)23-27-22(31-28-23)16-29-13-3-6-20(15-29)24(30)26-21-9-7-18(8-10-21)11-12-25/h2,4-5,7-10,14,20H,3,6,11,13,15-16H2,1H3,(H,26,30). The maximum Gasteiger partial charge on any atom is 0.241 e. The summed E-state index contributed by atoms with van der Waals surface area (Å²) in [5.41, 5.74) is 3.78. The molecule has 1 aliphatic rings. The van der Waals surface area contributed by atoms with E-state index in [4.69, 9.17) is 9.78 Å². The zero-order chi connectivity index (χ0) is 21.6. The second-order valence-electron chi connectivity index (χ2n) is 7.98. The molecule has 2 heterocycles. The van der Waals surface area contributed by atoms with Gasteiger partial charge < -0.3 is 9.84 Å². The van der Waals surface area contributed by atoms with Crippen LogP contribution in [0.25, 0.3) is 11.4 Å². The molecule has 158 valence electrons. The predicted octanol–water partition coefficient (Wildman–Crippen LogP) is 3.96. The molecule has 1 aliphatic heterocycles. The highest BCUT2D eigenvalue weighted by molar-refractivity contribution is 5.92. The van der Waals surface area contributed by atoms with Crippen LogP contribution >= 0.6 is 0 Å². The van der Waals surface area contributed by atoms with Gasteiger partial charge in [0.25, 0.3) is 0 Å². The second kappa shape index (κ2) is 9.54. The van der Waals surface area contributed by atoms with Crippen molar-refractivity contribution in [1.29, 1.82) is 5.26 Å². The second-order valence-corrected chi connectivity index (χ2v) is 7.98. The minimum absolute atomic E-state index is 0.0173. The van der Waals surface area contributed by atoms with Gasteiger partial charge in [-0.2, -0.15) is 10.2 Å². The topological polar surface area (TPSA) is 95.0 Å². The van der Waals surface area contributed by atoms with Gasteiger partial charge in [-0.1, -0.05) is 41.1 Å². The molecule has 0 spiro atoms. The Hall–Kier alpha value is -3.50. The van der Waals surface area contributed by atoms with Crippen molar-refractivity contribution in [2.24, 2.45) is 5.92 Å². The molecular weight excluding hydrogens is 390 g/mol. The van der Waals surface area contributed by atoms with E-state index in [0.29, 0.717) is 31.2 Å². The number of nitriles is 1. The molecule has 1 fully saturated rings. The summed E-state index contributed by atoms with van der Waals surface area (Å²) < 4.78 is 5.46. The molecule has 1 atom stereocenters. The number of amides is 1.